The molecule has 2 heteroatoms. The molecule has 0 bridgehead atoms. The maximum atomic E-state index is 6.04. The topological polar surface area (TPSA) is 12.0 Å². The van der Waals surface area contributed by atoms with Crippen LogP contribution in [0.25, 0.3) is 0 Å². The van der Waals surface area contributed by atoms with E-state index in [-0.39, 0.29) is 0 Å². The van der Waals surface area contributed by atoms with Crippen LogP contribution in [0.1, 0.15) is 23.5 Å². The molecule has 92 valence electrons. The molecule has 1 atom stereocenters. The molecule has 0 aliphatic carbocycles. The van der Waals surface area contributed by atoms with E-state index in [2.05, 4.69) is 41.7 Å². The van der Waals surface area contributed by atoms with Crippen LogP contribution in [0.2, 0.25) is 5.02 Å². The predicted molar refractivity (Wildman–Crippen MR) is 77.4 cm³/mol. The van der Waals surface area contributed by atoms with Gasteiger partial charge in [0, 0.05) is 23.2 Å². The maximum absolute atomic E-state index is 6.04. The first-order chi connectivity index (χ1) is 8.83. The predicted octanol–water partition coefficient (Wildman–Crippen LogP) is 4.48. The Balaban J connectivity index is 1.83. The van der Waals surface area contributed by atoms with Crippen molar-refractivity contribution in [1.82, 2.24) is 0 Å². The van der Waals surface area contributed by atoms with Gasteiger partial charge in [0.25, 0.3) is 0 Å². The molecule has 2 aromatic carbocycles. The normalized spacial score (nSPS) is 18.6. The smallest absolute Gasteiger partial charge is 0.0426 e. The number of hydrogen-bond donors (Lipinski definition) is 1. The van der Waals surface area contributed by atoms with Gasteiger partial charge in [0.05, 0.1) is 0 Å². The summed E-state index contributed by atoms with van der Waals surface area (Å²) in [6.07, 6.45) is 2.30. The van der Waals surface area contributed by atoms with E-state index in [1.807, 2.05) is 12.1 Å². The van der Waals surface area contributed by atoms with E-state index >= 15 is 0 Å². The highest BCUT2D eigenvalue weighted by atomic mass is 35.5. The van der Waals surface area contributed by atoms with Crippen molar-refractivity contribution < 1.29 is 0 Å². The van der Waals surface area contributed by atoms with Crippen LogP contribution in [0.5, 0.6) is 0 Å². The highest BCUT2D eigenvalue weighted by Gasteiger charge is 2.17. The molecule has 0 amide bonds. The summed E-state index contributed by atoms with van der Waals surface area (Å²) in [7, 11) is 0. The zero-order valence-corrected chi connectivity index (χ0v) is 11.0. The number of aryl methyl sites for hydroxylation is 1. The molecule has 18 heavy (non-hydrogen) atoms. The minimum absolute atomic E-state index is 0.581. The molecule has 1 aliphatic rings. The first-order valence-corrected chi connectivity index (χ1v) is 6.78. The molecule has 3 rings (SSSR count). The third kappa shape index (κ3) is 2.37. The lowest BCUT2D eigenvalue weighted by Crippen LogP contribution is -2.10. The Morgan fingerprint density at radius 1 is 1.06 bits per heavy atom. The lowest BCUT2D eigenvalue weighted by Gasteiger charge is -2.14. The Labute approximate surface area is 113 Å². The second kappa shape index (κ2) is 5.03. The van der Waals surface area contributed by atoms with Gasteiger partial charge in [0.15, 0.2) is 0 Å². The largest absolute Gasteiger partial charge is 0.384 e. The second-order valence-corrected chi connectivity index (χ2v) is 5.27. The van der Waals surface area contributed by atoms with Crippen LogP contribution in [0.15, 0.2) is 48.5 Å². The number of halogens is 1. The number of hydrogen-bond acceptors (Lipinski definition) is 1. The van der Waals surface area contributed by atoms with Crippen molar-refractivity contribution in [2.24, 2.45) is 0 Å². The van der Waals surface area contributed by atoms with Crippen molar-refractivity contribution in [3.8, 4) is 0 Å². The van der Waals surface area contributed by atoms with Gasteiger partial charge in [0.1, 0.15) is 0 Å². The third-order valence-corrected chi connectivity index (χ3v) is 3.88. The van der Waals surface area contributed by atoms with Crippen molar-refractivity contribution >= 4 is 17.3 Å². The van der Waals surface area contributed by atoms with E-state index in [0.717, 1.165) is 18.0 Å². The summed E-state index contributed by atoms with van der Waals surface area (Å²) in [5.74, 6) is 0.581. The van der Waals surface area contributed by atoms with Crippen molar-refractivity contribution in [2.45, 2.75) is 18.8 Å². The minimum Gasteiger partial charge on any atom is -0.384 e. The van der Waals surface area contributed by atoms with E-state index in [1.54, 1.807) is 0 Å². The number of fused-ring (bicyclic) bond motifs is 1. The molecule has 1 aliphatic heterocycles. The highest BCUT2D eigenvalue weighted by Crippen LogP contribution is 2.30. The Morgan fingerprint density at radius 3 is 2.72 bits per heavy atom. The quantitative estimate of drug-likeness (QED) is 0.794. The van der Waals surface area contributed by atoms with Crippen LogP contribution in [0.3, 0.4) is 0 Å². The fraction of sp³-hybridized carbons (Fsp3) is 0.250. The zero-order chi connectivity index (χ0) is 12.4. The van der Waals surface area contributed by atoms with Crippen LogP contribution >= 0.6 is 11.6 Å². The van der Waals surface area contributed by atoms with Gasteiger partial charge in [-0.15, -0.1) is 0 Å². The molecule has 1 heterocycles. The van der Waals surface area contributed by atoms with Gasteiger partial charge >= 0.3 is 0 Å². The Bertz CT molecular complexity index is 536. The Kier molecular flexibility index (Phi) is 3.24. The van der Waals surface area contributed by atoms with Crippen LogP contribution in [-0.4, -0.2) is 6.54 Å². The number of rotatable bonds is 1. The number of nitrogens with one attached hydrogen (secondary N) is 1. The highest BCUT2D eigenvalue weighted by molar-refractivity contribution is 6.30. The van der Waals surface area contributed by atoms with E-state index in [4.69, 9.17) is 11.6 Å². The fourth-order valence-corrected chi connectivity index (χ4v) is 2.78. The molecular formula is C16H16ClN. The molecular weight excluding hydrogens is 242 g/mol. The lowest BCUT2D eigenvalue weighted by molar-refractivity contribution is 0.665. The number of benzene rings is 2. The van der Waals surface area contributed by atoms with E-state index in [9.17, 15) is 0 Å². The second-order valence-electron chi connectivity index (χ2n) is 4.83. The summed E-state index contributed by atoms with van der Waals surface area (Å²) in [5.41, 5.74) is 3.99. The van der Waals surface area contributed by atoms with Crippen LogP contribution in [0, 0.1) is 0 Å². The van der Waals surface area contributed by atoms with Gasteiger partial charge in [-0.3, -0.25) is 0 Å². The van der Waals surface area contributed by atoms with Crippen molar-refractivity contribution in [3.63, 3.8) is 0 Å². The molecule has 0 aromatic heterocycles. The van der Waals surface area contributed by atoms with Gasteiger partial charge in [0.2, 0.25) is 0 Å². The molecule has 0 saturated carbocycles. The van der Waals surface area contributed by atoms with Gasteiger partial charge < -0.3 is 5.32 Å². The zero-order valence-electron chi connectivity index (χ0n) is 10.2. The van der Waals surface area contributed by atoms with Crippen molar-refractivity contribution in [1.29, 1.82) is 0 Å². The fourth-order valence-electron chi connectivity index (χ4n) is 2.61. The lowest BCUT2D eigenvalue weighted by atomic mass is 9.94. The summed E-state index contributed by atoms with van der Waals surface area (Å²) in [6.45, 7) is 0.983. The third-order valence-electron chi connectivity index (χ3n) is 3.64. The number of anilines is 1. The molecule has 0 unspecified atom stereocenters. The average molecular weight is 258 g/mol. The summed E-state index contributed by atoms with van der Waals surface area (Å²) < 4.78 is 0. The standard InChI is InChI=1S/C16H16ClN/c17-15-9-8-13-6-7-14(11-18-16(13)10-15)12-4-2-1-3-5-12/h1-5,8-10,14,18H,6-7,11H2/t14-/m1/s1. The van der Waals surface area contributed by atoms with Crippen LogP contribution < -0.4 is 5.32 Å². The summed E-state index contributed by atoms with van der Waals surface area (Å²) in [4.78, 5) is 0. The van der Waals surface area contributed by atoms with Gasteiger partial charge in [-0.25, -0.2) is 0 Å². The van der Waals surface area contributed by atoms with Gasteiger partial charge in [-0.2, -0.15) is 0 Å². The van der Waals surface area contributed by atoms with E-state index in [1.165, 1.54) is 23.2 Å². The first kappa shape index (κ1) is 11.6. The molecule has 0 radical (unpaired) electrons. The molecule has 0 fully saturated rings. The molecule has 2 aromatic rings. The minimum atomic E-state index is 0.581. The SMILES string of the molecule is Clc1ccc2c(c1)NC[C@H](c1ccccc1)CC2. The van der Waals surface area contributed by atoms with E-state index < -0.39 is 0 Å². The van der Waals surface area contributed by atoms with Crippen molar-refractivity contribution in [3.05, 3.63) is 64.7 Å². The van der Waals surface area contributed by atoms with Crippen molar-refractivity contribution in [2.75, 3.05) is 11.9 Å². The molecule has 0 spiro atoms. The van der Waals surface area contributed by atoms with E-state index in [0.29, 0.717) is 5.92 Å². The summed E-state index contributed by atoms with van der Waals surface area (Å²) >= 11 is 6.04. The maximum Gasteiger partial charge on any atom is 0.0426 e. The van der Waals surface area contributed by atoms with Gasteiger partial charge in [-0.05, 0) is 36.1 Å². The summed E-state index contributed by atoms with van der Waals surface area (Å²) in [5, 5.41) is 4.34. The van der Waals surface area contributed by atoms with Crippen LogP contribution in [-0.2, 0) is 6.42 Å². The Morgan fingerprint density at radius 2 is 1.89 bits per heavy atom. The summed E-state index contributed by atoms with van der Waals surface area (Å²) in [6, 6.07) is 16.9. The first-order valence-electron chi connectivity index (χ1n) is 6.40. The van der Waals surface area contributed by atoms with Gasteiger partial charge in [-0.1, -0.05) is 48.0 Å². The van der Waals surface area contributed by atoms with Crippen LogP contribution in [0.4, 0.5) is 5.69 Å². The molecule has 0 saturated heterocycles. The molecule has 1 N–H and O–H groups in total. The molecule has 1 nitrogen and oxygen atoms in total. The monoisotopic (exact) mass is 257 g/mol. The Hall–Kier alpha value is -1.47. The average Bonchev–Trinajstić information content (AvgIpc) is 2.62.